The molecule has 186 valence electrons. The zero-order valence-electron chi connectivity index (χ0n) is 20.3. The Morgan fingerprint density at radius 2 is 1.72 bits per heavy atom. The third kappa shape index (κ3) is 6.14. The molecule has 6 nitrogen and oxygen atoms in total. The van der Waals surface area contributed by atoms with Gasteiger partial charge in [0.25, 0.3) is 5.56 Å². The van der Waals surface area contributed by atoms with Crippen molar-refractivity contribution in [1.82, 2.24) is 4.98 Å². The molecule has 0 aliphatic heterocycles. The maximum atomic E-state index is 12.9. The number of halogens is 1. The van der Waals surface area contributed by atoms with Crippen LogP contribution >= 0.6 is 11.6 Å². The molecule has 1 aromatic heterocycles. The van der Waals surface area contributed by atoms with E-state index in [-0.39, 0.29) is 17.9 Å². The Morgan fingerprint density at radius 1 is 0.944 bits per heavy atom. The van der Waals surface area contributed by atoms with Gasteiger partial charge in [-0.2, -0.15) is 0 Å². The van der Waals surface area contributed by atoms with Crippen LogP contribution in [0.4, 0.5) is 0 Å². The second-order valence-corrected chi connectivity index (χ2v) is 8.74. The summed E-state index contributed by atoms with van der Waals surface area (Å²) in [5.74, 6) is 0.480. The lowest BCUT2D eigenvalue weighted by atomic mass is 9.99. The maximum Gasteiger partial charge on any atom is 0.310 e. The van der Waals surface area contributed by atoms with E-state index >= 15 is 0 Å². The van der Waals surface area contributed by atoms with Gasteiger partial charge in [0.05, 0.1) is 24.7 Å². The topological polar surface area (TPSA) is 77.6 Å². The number of benzene rings is 3. The first-order chi connectivity index (χ1) is 17.5. The van der Waals surface area contributed by atoms with Gasteiger partial charge in [0, 0.05) is 36.8 Å². The van der Waals surface area contributed by atoms with E-state index < -0.39 is 0 Å². The van der Waals surface area contributed by atoms with E-state index in [9.17, 15) is 9.59 Å². The van der Waals surface area contributed by atoms with Crippen molar-refractivity contribution in [2.75, 3.05) is 26.9 Å². The van der Waals surface area contributed by atoms with E-state index in [4.69, 9.17) is 25.8 Å². The van der Waals surface area contributed by atoms with Crippen LogP contribution in [-0.4, -0.2) is 37.9 Å². The van der Waals surface area contributed by atoms with Crippen LogP contribution in [0.5, 0.6) is 5.75 Å². The number of rotatable bonds is 10. The van der Waals surface area contributed by atoms with E-state index in [1.807, 2.05) is 60.7 Å². The van der Waals surface area contributed by atoms with Crippen LogP contribution < -0.4 is 10.3 Å². The first kappa shape index (κ1) is 25.5. The van der Waals surface area contributed by atoms with Crippen molar-refractivity contribution in [3.8, 4) is 28.0 Å². The lowest BCUT2D eigenvalue weighted by Gasteiger charge is -2.11. The van der Waals surface area contributed by atoms with Crippen molar-refractivity contribution in [2.24, 2.45) is 0 Å². The summed E-state index contributed by atoms with van der Waals surface area (Å²) in [5, 5.41) is 1.38. The Balaban J connectivity index is 1.64. The fraction of sp³-hybridized carbons (Fsp3) is 0.241. The normalized spacial score (nSPS) is 11.0. The van der Waals surface area contributed by atoms with E-state index in [0.29, 0.717) is 35.9 Å². The van der Waals surface area contributed by atoms with E-state index in [0.717, 1.165) is 39.8 Å². The Morgan fingerprint density at radius 3 is 2.47 bits per heavy atom. The number of hydrogen-bond donors (Lipinski definition) is 1. The van der Waals surface area contributed by atoms with Crippen LogP contribution in [0, 0.1) is 0 Å². The molecule has 3 aromatic carbocycles. The van der Waals surface area contributed by atoms with Crippen LogP contribution in [-0.2, 0) is 20.7 Å². The Kier molecular flexibility index (Phi) is 8.41. The maximum absolute atomic E-state index is 12.9. The van der Waals surface area contributed by atoms with Crippen LogP contribution in [0.25, 0.3) is 33.2 Å². The van der Waals surface area contributed by atoms with Gasteiger partial charge in [0.2, 0.25) is 0 Å². The van der Waals surface area contributed by atoms with E-state index in [2.05, 4.69) is 4.98 Å². The van der Waals surface area contributed by atoms with Crippen molar-refractivity contribution in [2.45, 2.75) is 19.8 Å². The summed E-state index contributed by atoms with van der Waals surface area (Å²) < 4.78 is 15.8. The number of carbonyl (C=O) groups excluding carboxylic acids is 1. The molecule has 1 N–H and O–H groups in total. The van der Waals surface area contributed by atoms with Crippen LogP contribution in [0.15, 0.2) is 71.5 Å². The molecular formula is C29H28ClNO5. The van der Waals surface area contributed by atoms with E-state index in [1.54, 1.807) is 20.1 Å². The molecule has 7 heteroatoms. The molecule has 0 saturated carbocycles. The highest BCUT2D eigenvalue weighted by Gasteiger charge is 2.12. The molecule has 0 unspecified atom stereocenters. The second-order valence-electron chi connectivity index (χ2n) is 8.33. The zero-order valence-corrected chi connectivity index (χ0v) is 21.1. The van der Waals surface area contributed by atoms with Gasteiger partial charge in [-0.1, -0.05) is 48.0 Å². The largest absolute Gasteiger partial charge is 0.494 e. The van der Waals surface area contributed by atoms with Crippen molar-refractivity contribution in [3.05, 3.63) is 87.7 Å². The van der Waals surface area contributed by atoms with Gasteiger partial charge in [0.1, 0.15) is 5.75 Å². The summed E-state index contributed by atoms with van der Waals surface area (Å²) in [4.78, 5) is 27.7. The summed E-state index contributed by atoms with van der Waals surface area (Å²) in [6.45, 7) is 3.35. The van der Waals surface area contributed by atoms with Crippen LogP contribution in [0.3, 0.4) is 0 Å². The summed E-state index contributed by atoms with van der Waals surface area (Å²) in [7, 11) is 1.67. The SMILES string of the molecule is CCOC(=O)Cc1cccc(-c2cc3cc(-c4ccc(OCCCOC)cc4)c(Cl)cc3[nH]c2=O)c1. The fourth-order valence-corrected chi connectivity index (χ4v) is 4.29. The predicted molar refractivity (Wildman–Crippen MR) is 143 cm³/mol. The molecular weight excluding hydrogens is 478 g/mol. The predicted octanol–water partition coefficient (Wildman–Crippen LogP) is 6.04. The molecule has 0 aliphatic rings. The van der Waals surface area contributed by atoms with Gasteiger partial charge >= 0.3 is 5.97 Å². The minimum Gasteiger partial charge on any atom is -0.494 e. The van der Waals surface area contributed by atoms with Gasteiger partial charge in [-0.05, 0) is 59.3 Å². The zero-order chi connectivity index (χ0) is 25.5. The van der Waals surface area contributed by atoms with Gasteiger partial charge in [0.15, 0.2) is 0 Å². The molecule has 0 bridgehead atoms. The molecule has 0 spiro atoms. The number of methoxy groups -OCH3 is 1. The standard InChI is InChI=1S/C29H28ClNO5/c1-3-35-28(32)15-19-6-4-7-21(14-19)25-17-22-16-24(26(30)18-27(22)31-29(25)33)20-8-10-23(11-9-20)36-13-5-12-34-2/h4,6-11,14,16-18H,3,5,12-13,15H2,1-2H3,(H,31,33). The monoisotopic (exact) mass is 505 g/mol. The van der Waals surface area contributed by atoms with Gasteiger partial charge in [-0.15, -0.1) is 0 Å². The number of hydrogen-bond acceptors (Lipinski definition) is 5. The number of carbonyl (C=O) groups is 1. The lowest BCUT2D eigenvalue weighted by Crippen LogP contribution is -2.10. The Labute approximate surface area is 214 Å². The second kappa shape index (κ2) is 11.9. The summed E-state index contributed by atoms with van der Waals surface area (Å²) in [5.41, 5.74) is 4.24. The molecule has 0 fully saturated rings. The summed E-state index contributed by atoms with van der Waals surface area (Å²) >= 11 is 6.59. The minimum atomic E-state index is -0.298. The number of ether oxygens (including phenoxy) is 3. The first-order valence-corrected chi connectivity index (χ1v) is 12.2. The average Bonchev–Trinajstić information content (AvgIpc) is 2.87. The molecule has 0 amide bonds. The Hall–Kier alpha value is -3.61. The highest BCUT2D eigenvalue weighted by molar-refractivity contribution is 6.34. The number of H-pyrrole nitrogens is 1. The smallest absolute Gasteiger partial charge is 0.310 e. The lowest BCUT2D eigenvalue weighted by molar-refractivity contribution is -0.142. The molecule has 36 heavy (non-hydrogen) atoms. The number of nitrogens with one attached hydrogen (secondary N) is 1. The van der Waals surface area contributed by atoms with Crippen molar-refractivity contribution >= 4 is 28.5 Å². The van der Waals surface area contributed by atoms with Crippen LogP contribution in [0.1, 0.15) is 18.9 Å². The summed E-state index contributed by atoms with van der Waals surface area (Å²) in [6.07, 6.45) is 0.972. The van der Waals surface area contributed by atoms with E-state index in [1.165, 1.54) is 0 Å². The molecule has 0 radical (unpaired) electrons. The molecule has 4 aromatic rings. The van der Waals surface area contributed by atoms with Gasteiger partial charge in [-0.3, -0.25) is 9.59 Å². The van der Waals surface area contributed by atoms with Crippen molar-refractivity contribution < 1.29 is 19.0 Å². The minimum absolute atomic E-state index is 0.152. The number of aromatic nitrogens is 1. The van der Waals surface area contributed by atoms with Crippen molar-refractivity contribution in [3.63, 3.8) is 0 Å². The molecule has 4 rings (SSSR count). The highest BCUT2D eigenvalue weighted by Crippen LogP contribution is 2.33. The van der Waals surface area contributed by atoms with Crippen molar-refractivity contribution in [1.29, 1.82) is 0 Å². The molecule has 0 aliphatic carbocycles. The quantitative estimate of drug-likeness (QED) is 0.210. The van der Waals surface area contributed by atoms with Crippen LogP contribution in [0.2, 0.25) is 5.02 Å². The Bertz CT molecular complexity index is 1410. The highest BCUT2D eigenvalue weighted by atomic mass is 35.5. The average molecular weight is 506 g/mol. The number of pyridine rings is 1. The molecule has 0 atom stereocenters. The molecule has 0 saturated heterocycles. The number of fused-ring (bicyclic) bond motifs is 1. The number of esters is 1. The van der Waals surface area contributed by atoms with Gasteiger partial charge < -0.3 is 19.2 Å². The third-order valence-electron chi connectivity index (χ3n) is 5.75. The first-order valence-electron chi connectivity index (χ1n) is 11.8. The molecule has 1 heterocycles. The van der Waals surface area contributed by atoms with Gasteiger partial charge in [-0.25, -0.2) is 0 Å². The fourth-order valence-electron chi connectivity index (χ4n) is 4.02. The third-order valence-corrected chi connectivity index (χ3v) is 6.06. The number of aromatic amines is 1. The summed E-state index contributed by atoms with van der Waals surface area (Å²) in [6, 6.07) is 20.7.